The van der Waals surface area contributed by atoms with E-state index in [4.69, 9.17) is 0 Å². The second-order valence-electron chi connectivity index (χ2n) is 10.7. The quantitative estimate of drug-likeness (QED) is 0.359. The van der Waals surface area contributed by atoms with Gasteiger partial charge in [0.05, 0.1) is 0 Å². The summed E-state index contributed by atoms with van der Waals surface area (Å²) < 4.78 is 3.34. The van der Waals surface area contributed by atoms with Gasteiger partial charge in [-0.3, -0.25) is 12.2 Å². The van der Waals surface area contributed by atoms with Crippen LogP contribution in [0.25, 0.3) is 0 Å². The minimum absolute atomic E-state index is 0. The normalized spacial score (nSPS) is 24.5. The van der Waals surface area contributed by atoms with Crippen molar-refractivity contribution >= 4 is 20.4 Å². The molecule has 5 heteroatoms. The van der Waals surface area contributed by atoms with Gasteiger partial charge in [-0.05, 0) is 12.8 Å². The molecular formula is C25H40Cl2Si2Zr-2. The van der Waals surface area contributed by atoms with Gasteiger partial charge in [0.1, 0.15) is 0 Å². The maximum Gasteiger partial charge on any atom is -1.00 e. The summed E-state index contributed by atoms with van der Waals surface area (Å²) in [5.74, 6) is 0. The molecule has 0 radical (unpaired) electrons. The van der Waals surface area contributed by atoms with Gasteiger partial charge in [0, 0.05) is 16.1 Å². The van der Waals surface area contributed by atoms with Crippen LogP contribution in [0, 0.1) is 12.2 Å². The molecule has 0 aromatic rings. The Balaban J connectivity index is 0.000000488. The van der Waals surface area contributed by atoms with Gasteiger partial charge < -0.3 is 24.8 Å². The summed E-state index contributed by atoms with van der Waals surface area (Å²) in [4.78, 5) is 0. The predicted molar refractivity (Wildman–Crippen MR) is 128 cm³/mol. The Morgan fingerprint density at radius 1 is 0.667 bits per heavy atom. The summed E-state index contributed by atoms with van der Waals surface area (Å²) in [6, 6.07) is 0. The molecule has 0 bridgehead atoms. The van der Waals surface area contributed by atoms with Gasteiger partial charge in [0.2, 0.25) is 0 Å². The Morgan fingerprint density at radius 3 is 1.27 bits per heavy atom. The van der Waals surface area contributed by atoms with Crippen molar-refractivity contribution in [3.05, 3.63) is 46.6 Å². The third-order valence-corrected chi connectivity index (χ3v) is 10.9. The van der Waals surface area contributed by atoms with Gasteiger partial charge in [-0.1, -0.05) is 88.9 Å². The SMILES string of the molecule is C[Si](C)(C)[C@@H]1[C-]=CC2=C1CCCC2.C[Si](C)(C)[C@H]1[C-]=CC2=C1CCCC2.[CH2]=[Zr+2].[Cl-].[Cl-]. The van der Waals surface area contributed by atoms with Crippen LogP contribution >= 0.6 is 0 Å². The fraction of sp³-hybridized carbons (Fsp3) is 0.640. The van der Waals surface area contributed by atoms with Gasteiger partial charge in [0.15, 0.2) is 0 Å². The van der Waals surface area contributed by atoms with E-state index < -0.39 is 16.1 Å². The smallest absolute Gasteiger partial charge is 1.00 e. The van der Waals surface area contributed by atoms with Crippen LogP contribution in [0.15, 0.2) is 34.4 Å². The van der Waals surface area contributed by atoms with Gasteiger partial charge in [-0.15, -0.1) is 0 Å². The molecule has 0 saturated carbocycles. The van der Waals surface area contributed by atoms with E-state index in [1.54, 1.807) is 22.3 Å². The maximum atomic E-state index is 3.60. The molecule has 0 N–H and O–H groups in total. The van der Waals surface area contributed by atoms with E-state index in [0.717, 1.165) is 11.1 Å². The standard InChI is InChI=1S/2C12H19Si.CH2.2ClH.Zr/c2*1-13(2,3)12-9-8-10-6-4-5-7-11(10)12;;;;/h2*8,12H,4-7H2,1-3H3;1H2;2*1H;/q2*-1;;;;+2/p-2/t2*12-;;;;/m10..../s1. The van der Waals surface area contributed by atoms with Crippen molar-refractivity contribution in [3.8, 4) is 0 Å². The zero-order valence-corrected chi connectivity index (χ0v) is 25.9. The number of halogens is 2. The molecule has 4 aliphatic carbocycles. The van der Waals surface area contributed by atoms with E-state index in [2.05, 4.69) is 67.8 Å². The van der Waals surface area contributed by atoms with Crippen molar-refractivity contribution < 1.29 is 49.0 Å². The maximum absolute atomic E-state index is 3.60. The first kappa shape index (κ1) is 30.7. The average Bonchev–Trinajstić information content (AvgIpc) is 3.27. The Labute approximate surface area is 216 Å². The monoisotopic (exact) mass is 556 g/mol. The Morgan fingerprint density at radius 2 is 0.967 bits per heavy atom. The zero-order valence-electron chi connectivity index (χ0n) is 19.9. The summed E-state index contributed by atoms with van der Waals surface area (Å²) in [7, 11) is -2.07. The molecule has 0 saturated heterocycles. The third-order valence-electron chi connectivity index (χ3n) is 6.39. The second kappa shape index (κ2) is 13.4. The van der Waals surface area contributed by atoms with Crippen molar-refractivity contribution in [2.24, 2.45) is 0 Å². The first-order valence-electron chi connectivity index (χ1n) is 11.2. The van der Waals surface area contributed by atoms with Crippen LogP contribution in [0.3, 0.4) is 0 Å². The fourth-order valence-electron chi connectivity index (χ4n) is 5.01. The molecule has 0 spiro atoms. The average molecular weight is 559 g/mol. The minimum atomic E-state index is -1.03. The summed E-state index contributed by atoms with van der Waals surface area (Å²) >= 11 is 1.30. The number of hydrogen-bond acceptors (Lipinski definition) is 0. The van der Waals surface area contributed by atoms with Crippen molar-refractivity contribution in [3.63, 3.8) is 0 Å². The van der Waals surface area contributed by atoms with Crippen molar-refractivity contribution in [1.29, 1.82) is 0 Å². The first-order chi connectivity index (χ1) is 13.2. The van der Waals surface area contributed by atoms with E-state index in [9.17, 15) is 0 Å². The van der Waals surface area contributed by atoms with Crippen molar-refractivity contribution in [2.75, 3.05) is 0 Å². The van der Waals surface area contributed by atoms with Gasteiger partial charge >= 0.3 is 28.4 Å². The van der Waals surface area contributed by atoms with Crippen LogP contribution in [0.1, 0.15) is 51.4 Å². The predicted octanol–water partition coefficient (Wildman–Crippen LogP) is 1.85. The number of rotatable bonds is 2. The van der Waals surface area contributed by atoms with Gasteiger partial charge in [-0.25, -0.2) is 12.2 Å². The Bertz CT molecular complexity index is 620. The topological polar surface area (TPSA) is 0 Å². The summed E-state index contributed by atoms with van der Waals surface area (Å²) in [5.41, 5.74) is 8.26. The molecule has 0 aromatic heterocycles. The van der Waals surface area contributed by atoms with Gasteiger partial charge in [0.25, 0.3) is 0 Å². The van der Waals surface area contributed by atoms with Crippen LogP contribution in [-0.2, 0) is 24.2 Å². The number of allylic oxidation sites excluding steroid dienone is 8. The van der Waals surface area contributed by atoms with Crippen molar-refractivity contribution in [1.82, 2.24) is 0 Å². The molecule has 168 valence electrons. The Hall–Kier alpha value is 0.727. The van der Waals surface area contributed by atoms with E-state index in [0.29, 0.717) is 0 Å². The van der Waals surface area contributed by atoms with E-state index in [1.807, 2.05) is 0 Å². The summed E-state index contributed by atoms with van der Waals surface area (Å²) in [6.45, 7) is 14.8. The zero-order chi connectivity index (χ0) is 20.9. The van der Waals surface area contributed by atoms with Crippen LogP contribution in [0.5, 0.6) is 0 Å². The summed E-state index contributed by atoms with van der Waals surface area (Å²) in [5, 5.41) is 0. The molecule has 30 heavy (non-hydrogen) atoms. The molecule has 0 aromatic carbocycles. The van der Waals surface area contributed by atoms with Crippen LogP contribution in [0.2, 0.25) is 50.4 Å². The molecule has 0 aliphatic heterocycles. The molecule has 4 aliphatic rings. The van der Waals surface area contributed by atoms with Crippen molar-refractivity contribution in [2.45, 2.75) is 102 Å². The van der Waals surface area contributed by atoms with Crippen LogP contribution in [0.4, 0.5) is 0 Å². The Kier molecular flexibility index (Phi) is 13.8. The molecule has 0 fully saturated rings. The number of hydrogen-bond donors (Lipinski definition) is 0. The second-order valence-corrected chi connectivity index (χ2v) is 21.4. The van der Waals surface area contributed by atoms with Crippen LogP contribution in [-0.4, -0.2) is 20.4 Å². The third kappa shape index (κ3) is 7.94. The molecule has 0 heterocycles. The molecule has 2 atom stereocenters. The molecule has 4 rings (SSSR count). The molecule has 0 unspecified atom stereocenters. The largest absolute Gasteiger partial charge is 1.00 e. The molecule has 0 nitrogen and oxygen atoms in total. The minimum Gasteiger partial charge on any atom is -1.00 e. The first-order valence-corrected chi connectivity index (χ1v) is 20.0. The van der Waals surface area contributed by atoms with E-state index in [-0.39, 0.29) is 24.8 Å². The van der Waals surface area contributed by atoms with E-state index in [1.165, 1.54) is 75.6 Å². The van der Waals surface area contributed by atoms with Crippen LogP contribution < -0.4 is 24.8 Å². The van der Waals surface area contributed by atoms with Gasteiger partial charge in [-0.2, -0.15) is 22.3 Å². The summed E-state index contributed by atoms with van der Waals surface area (Å²) in [6.07, 6.45) is 22.8. The molecule has 0 amide bonds. The molecular weight excluding hydrogens is 519 g/mol. The fourth-order valence-corrected chi connectivity index (χ4v) is 8.92. The van der Waals surface area contributed by atoms with E-state index >= 15 is 0 Å².